The maximum Gasteiger partial charge on any atom is 0.329 e. The van der Waals surface area contributed by atoms with Gasteiger partial charge in [-0.3, -0.25) is 4.79 Å². The molecule has 2 fully saturated rings. The molecule has 2 saturated carbocycles. The van der Waals surface area contributed by atoms with Gasteiger partial charge < -0.3 is 14.9 Å². The molecule has 2 aromatic heterocycles. The van der Waals surface area contributed by atoms with E-state index in [2.05, 4.69) is 15.5 Å². The van der Waals surface area contributed by atoms with Crippen LogP contribution in [0.1, 0.15) is 73.1 Å². The number of aliphatic carboxylic acids is 1. The third-order valence-corrected chi connectivity index (χ3v) is 4.79. The minimum atomic E-state index is -1.12. The number of nitrogens with zero attached hydrogens (tertiary/aromatic N) is 2. The maximum absolute atomic E-state index is 12.8. The number of amides is 1. The quantitative estimate of drug-likeness (QED) is 0.873. The van der Waals surface area contributed by atoms with Crippen LogP contribution >= 0.6 is 0 Å². The van der Waals surface area contributed by atoms with Crippen LogP contribution in [-0.4, -0.2) is 32.7 Å². The highest BCUT2D eigenvalue weighted by Gasteiger charge is 2.52. The van der Waals surface area contributed by atoms with E-state index < -0.39 is 17.4 Å². The average Bonchev–Trinajstić information content (AvgIpc) is 3.44. The molecule has 0 saturated heterocycles. The van der Waals surface area contributed by atoms with Gasteiger partial charge >= 0.3 is 5.97 Å². The van der Waals surface area contributed by atoms with Crippen molar-refractivity contribution in [3.63, 3.8) is 0 Å². The van der Waals surface area contributed by atoms with E-state index in [9.17, 15) is 14.7 Å². The molecule has 0 atom stereocenters. The van der Waals surface area contributed by atoms with E-state index in [1.807, 2.05) is 13.8 Å². The number of carbonyl (C=O) groups excluding carboxylic acids is 1. The first-order valence-electron chi connectivity index (χ1n) is 8.27. The monoisotopic (exact) mass is 329 g/mol. The van der Waals surface area contributed by atoms with Crippen molar-refractivity contribution < 1.29 is 19.2 Å². The predicted molar refractivity (Wildman–Crippen MR) is 84.9 cm³/mol. The Kier molecular flexibility index (Phi) is 3.16. The lowest BCUT2D eigenvalue weighted by Gasteiger charge is -2.14. The zero-order valence-corrected chi connectivity index (χ0v) is 13.6. The highest BCUT2D eigenvalue weighted by Crippen LogP contribution is 2.41. The number of pyridine rings is 1. The topological polar surface area (TPSA) is 105 Å². The summed E-state index contributed by atoms with van der Waals surface area (Å²) in [5, 5.41) is 16.7. The van der Waals surface area contributed by atoms with Gasteiger partial charge in [-0.15, -0.1) is 0 Å². The molecule has 2 N–H and O–H groups in total. The van der Waals surface area contributed by atoms with Gasteiger partial charge in [0.1, 0.15) is 5.54 Å². The van der Waals surface area contributed by atoms with E-state index in [-0.39, 0.29) is 5.92 Å². The van der Waals surface area contributed by atoms with Crippen LogP contribution < -0.4 is 5.32 Å². The van der Waals surface area contributed by atoms with Crippen LogP contribution in [0.25, 0.3) is 11.1 Å². The summed E-state index contributed by atoms with van der Waals surface area (Å²) in [5.41, 5.74) is 1.14. The summed E-state index contributed by atoms with van der Waals surface area (Å²) < 4.78 is 5.36. The Balaban J connectivity index is 1.80. The Morgan fingerprint density at radius 3 is 2.62 bits per heavy atom. The van der Waals surface area contributed by atoms with Crippen LogP contribution in [0.5, 0.6) is 0 Å². The molecule has 1 amide bonds. The molecule has 0 radical (unpaired) electrons. The lowest BCUT2D eigenvalue weighted by molar-refractivity contribution is -0.140. The second-order valence-electron chi connectivity index (χ2n) is 7.11. The fourth-order valence-corrected chi connectivity index (χ4v) is 2.96. The minimum Gasteiger partial charge on any atom is -0.480 e. The Bertz CT molecular complexity index is 847. The highest BCUT2D eigenvalue weighted by atomic mass is 16.5. The normalized spacial score (nSPS) is 18.8. The number of rotatable bonds is 5. The van der Waals surface area contributed by atoms with Crippen LogP contribution in [0, 0.1) is 0 Å². The van der Waals surface area contributed by atoms with Crippen molar-refractivity contribution in [1.82, 2.24) is 15.5 Å². The Morgan fingerprint density at radius 1 is 1.38 bits per heavy atom. The zero-order valence-electron chi connectivity index (χ0n) is 13.6. The number of hydrogen-bond donors (Lipinski definition) is 2. The van der Waals surface area contributed by atoms with Crippen LogP contribution in [-0.2, 0) is 4.79 Å². The second kappa shape index (κ2) is 5.03. The number of carboxylic acid groups (broad SMARTS) is 1. The summed E-state index contributed by atoms with van der Waals surface area (Å²) in [4.78, 5) is 28.7. The van der Waals surface area contributed by atoms with E-state index in [1.54, 1.807) is 6.07 Å². The first-order chi connectivity index (χ1) is 11.4. The average molecular weight is 329 g/mol. The summed E-state index contributed by atoms with van der Waals surface area (Å²) in [6.07, 6.45) is 3.00. The Hall–Kier alpha value is -2.44. The van der Waals surface area contributed by atoms with Crippen molar-refractivity contribution in [2.45, 2.75) is 56.9 Å². The molecule has 0 bridgehead atoms. The summed E-state index contributed by atoms with van der Waals surface area (Å²) in [6.45, 7) is 3.93. The summed E-state index contributed by atoms with van der Waals surface area (Å²) in [7, 11) is 0. The van der Waals surface area contributed by atoms with E-state index in [0.717, 1.165) is 18.5 Å². The summed E-state index contributed by atoms with van der Waals surface area (Å²) in [5.74, 6) is -0.962. The van der Waals surface area contributed by atoms with Gasteiger partial charge in [0.15, 0.2) is 0 Å². The molecular weight excluding hydrogens is 310 g/mol. The molecule has 0 aromatic carbocycles. The summed E-state index contributed by atoms with van der Waals surface area (Å²) >= 11 is 0. The second-order valence-corrected chi connectivity index (χ2v) is 7.11. The molecule has 7 heteroatoms. The third kappa shape index (κ3) is 2.35. The molecule has 4 rings (SSSR count). The van der Waals surface area contributed by atoms with Crippen molar-refractivity contribution in [2.24, 2.45) is 0 Å². The summed E-state index contributed by atoms with van der Waals surface area (Å²) in [6, 6.07) is 1.77. The van der Waals surface area contributed by atoms with Gasteiger partial charge in [-0.25, -0.2) is 9.78 Å². The van der Waals surface area contributed by atoms with Gasteiger partial charge in [0, 0.05) is 11.6 Å². The SMILES string of the molecule is CC(C)c1noc2nc(C3CC3)cc(C(=O)NC3(C(=O)O)CC3)c12. The largest absolute Gasteiger partial charge is 0.480 e. The maximum atomic E-state index is 12.8. The number of carbonyl (C=O) groups is 2. The molecule has 7 nitrogen and oxygen atoms in total. The standard InChI is InChI=1S/C17H19N3O4/c1-8(2)13-12-10(14(21)19-17(5-6-17)16(22)23)7-11(9-3-4-9)18-15(12)24-20-13/h7-9H,3-6H2,1-2H3,(H,19,21)(H,22,23). The Labute approximate surface area is 138 Å². The van der Waals surface area contributed by atoms with Crippen LogP contribution in [0.3, 0.4) is 0 Å². The molecule has 0 aliphatic heterocycles. The van der Waals surface area contributed by atoms with E-state index in [0.29, 0.717) is 41.1 Å². The number of aromatic nitrogens is 2. The highest BCUT2D eigenvalue weighted by molar-refractivity contribution is 6.08. The van der Waals surface area contributed by atoms with Gasteiger partial charge in [-0.2, -0.15) is 0 Å². The lowest BCUT2D eigenvalue weighted by atomic mass is 10.0. The van der Waals surface area contributed by atoms with Crippen molar-refractivity contribution in [3.8, 4) is 0 Å². The Morgan fingerprint density at radius 2 is 2.08 bits per heavy atom. The van der Waals surface area contributed by atoms with Gasteiger partial charge in [-0.05, 0) is 37.7 Å². The van der Waals surface area contributed by atoms with E-state index >= 15 is 0 Å². The van der Waals surface area contributed by atoms with Crippen molar-refractivity contribution in [1.29, 1.82) is 0 Å². The van der Waals surface area contributed by atoms with Crippen LogP contribution in [0.15, 0.2) is 10.6 Å². The van der Waals surface area contributed by atoms with Gasteiger partial charge in [-0.1, -0.05) is 19.0 Å². The first-order valence-corrected chi connectivity index (χ1v) is 8.27. The molecule has 0 spiro atoms. The fourth-order valence-electron chi connectivity index (χ4n) is 2.96. The number of hydrogen-bond acceptors (Lipinski definition) is 5. The first kappa shape index (κ1) is 15.1. The van der Waals surface area contributed by atoms with Crippen LogP contribution in [0.2, 0.25) is 0 Å². The van der Waals surface area contributed by atoms with Gasteiger partial charge in [0.05, 0.1) is 16.6 Å². The van der Waals surface area contributed by atoms with E-state index in [1.165, 1.54) is 0 Å². The third-order valence-electron chi connectivity index (χ3n) is 4.79. The van der Waals surface area contributed by atoms with E-state index in [4.69, 9.17) is 4.52 Å². The van der Waals surface area contributed by atoms with Crippen molar-refractivity contribution in [3.05, 3.63) is 23.0 Å². The number of fused-ring (bicyclic) bond motifs is 1. The lowest BCUT2D eigenvalue weighted by Crippen LogP contribution is -2.43. The van der Waals surface area contributed by atoms with Crippen molar-refractivity contribution in [2.75, 3.05) is 0 Å². The molecular formula is C17H19N3O4. The van der Waals surface area contributed by atoms with Gasteiger partial charge in [0.2, 0.25) is 0 Å². The minimum absolute atomic E-state index is 0.0701. The predicted octanol–water partition coefficient (Wildman–Crippen LogP) is 2.57. The molecule has 2 aliphatic carbocycles. The molecule has 2 aliphatic rings. The molecule has 126 valence electrons. The zero-order chi connectivity index (χ0) is 17.1. The number of carboxylic acids is 1. The number of nitrogens with one attached hydrogen (secondary N) is 1. The van der Waals surface area contributed by atoms with Gasteiger partial charge in [0.25, 0.3) is 11.6 Å². The molecule has 24 heavy (non-hydrogen) atoms. The molecule has 2 aromatic rings. The van der Waals surface area contributed by atoms with Crippen molar-refractivity contribution >= 4 is 23.0 Å². The molecule has 2 heterocycles. The van der Waals surface area contributed by atoms with Crippen LogP contribution in [0.4, 0.5) is 0 Å². The smallest absolute Gasteiger partial charge is 0.329 e. The fraction of sp³-hybridized carbons (Fsp3) is 0.529. The molecule has 0 unspecified atom stereocenters.